The lowest BCUT2D eigenvalue weighted by Gasteiger charge is -2.34. The van der Waals surface area contributed by atoms with Crippen molar-refractivity contribution in [3.8, 4) is 0 Å². The third-order valence-corrected chi connectivity index (χ3v) is 4.60. The molecule has 1 aliphatic rings. The third-order valence-electron chi connectivity index (χ3n) is 4.60. The zero-order valence-corrected chi connectivity index (χ0v) is 15.0. The van der Waals surface area contributed by atoms with Crippen molar-refractivity contribution in [2.75, 3.05) is 31.5 Å². The van der Waals surface area contributed by atoms with Crippen LogP contribution in [0.15, 0.2) is 48.7 Å². The standard InChI is InChI=1S/C20H26N4O/c1-16(2)17-6-8-18(9-7-17)22-20(25)24-13-11-23(12-14-24)15-19-5-3-4-10-21-19/h3-10,16H,11-15H2,1-2H3,(H,22,25). The van der Waals surface area contributed by atoms with Gasteiger partial charge in [-0.1, -0.05) is 32.0 Å². The number of amides is 2. The average Bonchev–Trinajstić information content (AvgIpc) is 2.63. The first kappa shape index (κ1) is 17.4. The zero-order valence-electron chi connectivity index (χ0n) is 15.0. The second-order valence-corrected chi connectivity index (χ2v) is 6.79. The van der Waals surface area contributed by atoms with Gasteiger partial charge in [0.2, 0.25) is 0 Å². The average molecular weight is 338 g/mol. The minimum absolute atomic E-state index is 0.0187. The molecule has 5 nitrogen and oxygen atoms in total. The van der Waals surface area contributed by atoms with Crippen LogP contribution in [0.5, 0.6) is 0 Å². The topological polar surface area (TPSA) is 48.5 Å². The summed E-state index contributed by atoms with van der Waals surface area (Å²) in [6.45, 7) is 8.39. The Morgan fingerprint density at radius 2 is 1.80 bits per heavy atom. The Morgan fingerprint density at radius 1 is 1.08 bits per heavy atom. The van der Waals surface area contributed by atoms with Gasteiger partial charge >= 0.3 is 6.03 Å². The van der Waals surface area contributed by atoms with Gasteiger partial charge in [-0.3, -0.25) is 9.88 Å². The van der Waals surface area contributed by atoms with Gasteiger partial charge in [-0.2, -0.15) is 0 Å². The summed E-state index contributed by atoms with van der Waals surface area (Å²) < 4.78 is 0. The lowest BCUT2D eigenvalue weighted by molar-refractivity contribution is 0.142. The molecule has 1 fully saturated rings. The Kier molecular flexibility index (Phi) is 5.66. The van der Waals surface area contributed by atoms with E-state index in [1.807, 2.05) is 41.4 Å². The molecule has 0 unspecified atom stereocenters. The maximum Gasteiger partial charge on any atom is 0.321 e. The number of nitrogens with zero attached hydrogens (tertiary/aromatic N) is 3. The molecule has 1 saturated heterocycles. The van der Waals surface area contributed by atoms with E-state index in [1.54, 1.807) is 0 Å². The number of hydrogen-bond acceptors (Lipinski definition) is 3. The van der Waals surface area contributed by atoms with Gasteiger partial charge in [-0.25, -0.2) is 4.79 Å². The molecule has 2 amide bonds. The van der Waals surface area contributed by atoms with Crippen molar-refractivity contribution in [1.29, 1.82) is 0 Å². The number of nitrogens with one attached hydrogen (secondary N) is 1. The number of piperazine rings is 1. The lowest BCUT2D eigenvalue weighted by Crippen LogP contribution is -2.49. The number of hydrogen-bond donors (Lipinski definition) is 1. The number of carbonyl (C=O) groups excluding carboxylic acids is 1. The van der Waals surface area contributed by atoms with Crippen molar-refractivity contribution in [1.82, 2.24) is 14.8 Å². The van der Waals surface area contributed by atoms with Crippen molar-refractivity contribution >= 4 is 11.7 Å². The molecular formula is C20H26N4O. The monoisotopic (exact) mass is 338 g/mol. The Hall–Kier alpha value is -2.40. The second-order valence-electron chi connectivity index (χ2n) is 6.79. The fraction of sp³-hybridized carbons (Fsp3) is 0.400. The van der Waals surface area contributed by atoms with Gasteiger partial charge in [0.15, 0.2) is 0 Å². The first-order chi connectivity index (χ1) is 12.1. The highest BCUT2D eigenvalue weighted by Gasteiger charge is 2.21. The molecule has 25 heavy (non-hydrogen) atoms. The van der Waals surface area contributed by atoms with Gasteiger partial charge in [0.25, 0.3) is 0 Å². The fourth-order valence-electron chi connectivity index (χ4n) is 2.98. The molecule has 1 aliphatic heterocycles. The van der Waals surface area contributed by atoms with Gasteiger partial charge < -0.3 is 10.2 Å². The van der Waals surface area contributed by atoms with Gasteiger partial charge in [-0.05, 0) is 35.7 Å². The number of urea groups is 1. The summed E-state index contributed by atoms with van der Waals surface area (Å²) in [5.74, 6) is 0.497. The van der Waals surface area contributed by atoms with Crippen LogP contribution in [-0.2, 0) is 6.54 Å². The molecule has 1 N–H and O–H groups in total. The Morgan fingerprint density at radius 3 is 2.40 bits per heavy atom. The van der Waals surface area contributed by atoms with Crippen LogP contribution < -0.4 is 5.32 Å². The number of benzene rings is 1. The predicted molar refractivity (Wildman–Crippen MR) is 101 cm³/mol. The maximum atomic E-state index is 12.4. The van der Waals surface area contributed by atoms with Crippen LogP contribution in [0.25, 0.3) is 0 Å². The Labute approximate surface area is 149 Å². The number of rotatable bonds is 4. The molecule has 5 heteroatoms. The van der Waals surface area contributed by atoms with Crippen molar-refractivity contribution in [3.63, 3.8) is 0 Å². The molecule has 2 heterocycles. The van der Waals surface area contributed by atoms with Gasteiger partial charge in [-0.15, -0.1) is 0 Å². The highest BCUT2D eigenvalue weighted by atomic mass is 16.2. The van der Waals surface area contributed by atoms with Crippen LogP contribution in [0, 0.1) is 0 Å². The molecular weight excluding hydrogens is 312 g/mol. The highest BCUT2D eigenvalue weighted by Crippen LogP contribution is 2.17. The van der Waals surface area contributed by atoms with Crippen LogP contribution in [0.1, 0.15) is 31.0 Å². The molecule has 0 aliphatic carbocycles. The largest absolute Gasteiger partial charge is 0.322 e. The van der Waals surface area contributed by atoms with E-state index in [2.05, 4.69) is 41.2 Å². The van der Waals surface area contributed by atoms with E-state index in [-0.39, 0.29) is 6.03 Å². The summed E-state index contributed by atoms with van der Waals surface area (Å²) in [4.78, 5) is 21.0. The van der Waals surface area contributed by atoms with Crippen molar-refractivity contribution in [3.05, 3.63) is 59.9 Å². The van der Waals surface area contributed by atoms with Crippen LogP contribution in [-0.4, -0.2) is 47.0 Å². The van der Waals surface area contributed by atoms with Crippen LogP contribution in [0.4, 0.5) is 10.5 Å². The van der Waals surface area contributed by atoms with E-state index in [4.69, 9.17) is 0 Å². The van der Waals surface area contributed by atoms with Crippen LogP contribution in [0.2, 0.25) is 0 Å². The van der Waals surface area contributed by atoms with E-state index in [0.717, 1.165) is 44.1 Å². The number of aromatic nitrogens is 1. The molecule has 3 rings (SSSR count). The van der Waals surface area contributed by atoms with E-state index in [1.165, 1.54) is 5.56 Å². The fourth-order valence-corrected chi connectivity index (χ4v) is 2.98. The summed E-state index contributed by atoms with van der Waals surface area (Å²) in [6.07, 6.45) is 1.82. The molecule has 132 valence electrons. The summed E-state index contributed by atoms with van der Waals surface area (Å²) in [7, 11) is 0. The predicted octanol–water partition coefficient (Wildman–Crippen LogP) is 3.55. The van der Waals surface area contributed by atoms with Crippen LogP contribution in [0.3, 0.4) is 0 Å². The van der Waals surface area contributed by atoms with Gasteiger partial charge in [0.1, 0.15) is 0 Å². The molecule has 0 radical (unpaired) electrons. The number of pyridine rings is 1. The third kappa shape index (κ3) is 4.79. The molecule has 1 aromatic heterocycles. The normalized spacial score (nSPS) is 15.4. The minimum Gasteiger partial charge on any atom is -0.322 e. The van der Waals surface area contributed by atoms with Crippen LogP contribution >= 0.6 is 0 Å². The van der Waals surface area contributed by atoms with Crippen molar-refractivity contribution < 1.29 is 4.79 Å². The summed E-state index contributed by atoms with van der Waals surface area (Å²) in [5.41, 5.74) is 3.21. The minimum atomic E-state index is -0.0187. The SMILES string of the molecule is CC(C)c1ccc(NC(=O)N2CCN(Cc3ccccn3)CC2)cc1. The van der Waals surface area contributed by atoms with Crippen molar-refractivity contribution in [2.24, 2.45) is 0 Å². The zero-order chi connectivity index (χ0) is 17.6. The smallest absolute Gasteiger partial charge is 0.321 e. The van der Waals surface area contributed by atoms with Gasteiger partial charge in [0, 0.05) is 44.6 Å². The van der Waals surface area contributed by atoms with E-state index in [0.29, 0.717) is 5.92 Å². The quantitative estimate of drug-likeness (QED) is 0.927. The summed E-state index contributed by atoms with van der Waals surface area (Å²) >= 11 is 0. The van der Waals surface area contributed by atoms with Gasteiger partial charge in [0.05, 0.1) is 5.69 Å². The van der Waals surface area contributed by atoms with E-state index in [9.17, 15) is 4.79 Å². The van der Waals surface area contributed by atoms with E-state index >= 15 is 0 Å². The molecule has 2 aromatic rings. The molecule has 0 bridgehead atoms. The second kappa shape index (κ2) is 8.12. The lowest BCUT2D eigenvalue weighted by atomic mass is 10.0. The molecule has 0 atom stereocenters. The first-order valence-electron chi connectivity index (χ1n) is 8.90. The summed E-state index contributed by atoms with van der Waals surface area (Å²) in [5, 5.41) is 3.00. The number of carbonyl (C=O) groups is 1. The molecule has 1 aromatic carbocycles. The Bertz CT molecular complexity index is 677. The first-order valence-corrected chi connectivity index (χ1v) is 8.90. The molecule has 0 saturated carbocycles. The summed E-state index contributed by atoms with van der Waals surface area (Å²) in [6, 6.07) is 14.1. The Balaban J connectivity index is 1.48. The molecule has 0 spiro atoms. The van der Waals surface area contributed by atoms with E-state index < -0.39 is 0 Å². The highest BCUT2D eigenvalue weighted by molar-refractivity contribution is 5.89. The maximum absolute atomic E-state index is 12.4. The number of anilines is 1. The van der Waals surface area contributed by atoms with Crippen molar-refractivity contribution in [2.45, 2.75) is 26.3 Å².